The van der Waals surface area contributed by atoms with Crippen LogP contribution in [0.2, 0.25) is 0 Å². The van der Waals surface area contributed by atoms with Crippen LogP contribution in [0.1, 0.15) is 39.2 Å². The number of nitrogens with zero attached hydrogens (tertiary/aromatic N) is 5. The molecule has 1 N–H and O–H groups in total. The Morgan fingerprint density at radius 3 is 2.38 bits per heavy atom. The predicted molar refractivity (Wildman–Crippen MR) is 168 cm³/mol. The molecule has 1 aliphatic rings. The van der Waals surface area contributed by atoms with E-state index >= 15 is 8.78 Å². The number of carbonyl (C=O) groups excluding carboxylic acids is 1. The van der Waals surface area contributed by atoms with Crippen molar-refractivity contribution in [2.45, 2.75) is 50.6 Å². The van der Waals surface area contributed by atoms with Crippen LogP contribution in [0.15, 0.2) is 64.8 Å². The van der Waals surface area contributed by atoms with Gasteiger partial charge in [0.1, 0.15) is 23.1 Å². The molecule has 0 unspecified atom stereocenters. The molecule has 3 heterocycles. The lowest BCUT2D eigenvalue weighted by Gasteiger charge is -2.44. The predicted octanol–water partition coefficient (Wildman–Crippen LogP) is 4.57. The number of halogens is 2. The van der Waals surface area contributed by atoms with E-state index in [4.69, 9.17) is 0 Å². The molecular weight excluding hydrogens is 604 g/mol. The van der Waals surface area contributed by atoms with E-state index in [1.54, 1.807) is 21.9 Å². The molecule has 45 heavy (non-hydrogen) atoms. The van der Waals surface area contributed by atoms with Crippen molar-refractivity contribution in [3.8, 4) is 22.7 Å². The molecule has 2 atom stereocenters. The highest BCUT2D eigenvalue weighted by Crippen LogP contribution is 2.38. The number of rotatable bonds is 6. The number of aromatic hydroxyl groups is 1. The Morgan fingerprint density at radius 2 is 1.76 bits per heavy atom. The Labute approximate surface area is 259 Å². The summed E-state index contributed by atoms with van der Waals surface area (Å²) in [6.07, 6.45) is 2.23. The highest BCUT2D eigenvalue weighted by Gasteiger charge is 2.34. The molecule has 1 amide bonds. The van der Waals surface area contributed by atoms with Crippen LogP contribution in [0.3, 0.4) is 0 Å². The molecule has 2 aromatic carbocycles. The molecule has 0 spiro atoms. The van der Waals surface area contributed by atoms with E-state index < -0.39 is 44.2 Å². The van der Waals surface area contributed by atoms with Gasteiger partial charge in [-0.15, -0.1) is 0 Å². The second kappa shape index (κ2) is 11.7. The van der Waals surface area contributed by atoms with E-state index in [9.17, 15) is 23.1 Å². The molecule has 236 valence electrons. The minimum Gasteiger partial charge on any atom is -0.507 e. The first-order valence-corrected chi connectivity index (χ1v) is 16.2. The van der Waals surface area contributed by atoms with Gasteiger partial charge in [0.05, 0.1) is 21.5 Å². The van der Waals surface area contributed by atoms with Crippen LogP contribution in [0.25, 0.3) is 28.0 Å². The number of phenolic OH excluding ortho intramolecular Hbond substituents is 1. The fraction of sp³-hybridized carbons (Fsp3) is 0.312. The van der Waals surface area contributed by atoms with Gasteiger partial charge < -0.3 is 14.9 Å². The Hall–Kier alpha value is -4.65. The third-order valence-corrected chi connectivity index (χ3v) is 9.15. The summed E-state index contributed by atoms with van der Waals surface area (Å²) in [5.41, 5.74) is -1.71. The van der Waals surface area contributed by atoms with E-state index in [0.717, 1.165) is 23.0 Å². The van der Waals surface area contributed by atoms with Gasteiger partial charge in [-0.25, -0.2) is 31.5 Å². The summed E-state index contributed by atoms with van der Waals surface area (Å²) >= 11 is 0. The van der Waals surface area contributed by atoms with Crippen LogP contribution < -0.4 is 10.6 Å². The van der Waals surface area contributed by atoms with Gasteiger partial charge in [-0.05, 0) is 55.7 Å². The molecule has 1 saturated heterocycles. The molecule has 2 aromatic heterocycles. The molecule has 5 rings (SSSR count). The lowest BCUT2D eigenvalue weighted by molar-refractivity contribution is -0.128. The number of fused-ring (bicyclic) bond motifs is 1. The summed E-state index contributed by atoms with van der Waals surface area (Å²) in [4.78, 5) is 38.6. The summed E-state index contributed by atoms with van der Waals surface area (Å²) in [6, 6.07) is 8.39. The standard InChI is InChI=1S/C32H33F2N5O5S/c1-7-26(41)37-15-19(5)38(16-18(37)4)30-21-14-23(34)28(27-22(33)11-9-12-24(27)40)35-31(21)39(32(42)36-30)29-20(17(2)3)10-8-13-25(29)45(6,43)44/h7-14,17-19,40H,1,15-16H2,2-6H3/t18-,19+/m1/s1. The Balaban J connectivity index is 1.91. The third-order valence-electron chi connectivity index (χ3n) is 8.02. The van der Waals surface area contributed by atoms with Crippen LogP contribution in [0.4, 0.5) is 14.6 Å². The van der Waals surface area contributed by atoms with Gasteiger partial charge in [-0.3, -0.25) is 4.79 Å². The number of aromatic nitrogens is 3. The van der Waals surface area contributed by atoms with Crippen molar-refractivity contribution in [1.29, 1.82) is 0 Å². The van der Waals surface area contributed by atoms with Crippen molar-refractivity contribution >= 4 is 32.6 Å². The molecule has 1 aliphatic heterocycles. The van der Waals surface area contributed by atoms with Gasteiger partial charge in [-0.2, -0.15) is 4.98 Å². The zero-order chi connectivity index (χ0) is 33.0. The van der Waals surface area contributed by atoms with Crippen molar-refractivity contribution in [3.05, 3.63) is 82.8 Å². The fourth-order valence-corrected chi connectivity index (χ4v) is 6.72. The van der Waals surface area contributed by atoms with Crippen LogP contribution in [0, 0.1) is 11.6 Å². The molecule has 0 bridgehead atoms. The number of piperazine rings is 1. The largest absolute Gasteiger partial charge is 0.507 e. The van der Waals surface area contributed by atoms with Crippen LogP contribution in [-0.4, -0.2) is 70.3 Å². The van der Waals surface area contributed by atoms with Crippen molar-refractivity contribution in [2.24, 2.45) is 0 Å². The van der Waals surface area contributed by atoms with Gasteiger partial charge in [0, 0.05) is 31.4 Å². The second-order valence-corrected chi connectivity index (χ2v) is 13.5. The second-order valence-electron chi connectivity index (χ2n) is 11.5. The Bertz CT molecular complexity index is 2010. The fourth-order valence-electron chi connectivity index (χ4n) is 5.84. The number of benzene rings is 2. The van der Waals surface area contributed by atoms with E-state index in [0.29, 0.717) is 5.56 Å². The first-order chi connectivity index (χ1) is 21.1. The van der Waals surface area contributed by atoms with E-state index in [-0.39, 0.29) is 64.4 Å². The van der Waals surface area contributed by atoms with E-state index in [1.807, 2.05) is 27.7 Å². The number of phenols is 1. The topological polar surface area (TPSA) is 126 Å². The SMILES string of the molecule is C=CC(=O)N1C[C@H](C)N(c2nc(=O)n(-c3c(C(C)C)cccc3S(C)(=O)=O)c3nc(-c4c(O)cccc4F)c(F)cc23)C[C@H]1C. The monoisotopic (exact) mass is 637 g/mol. The zero-order valence-corrected chi connectivity index (χ0v) is 26.3. The maximum absolute atomic E-state index is 16.0. The highest BCUT2D eigenvalue weighted by molar-refractivity contribution is 7.90. The molecule has 0 aliphatic carbocycles. The number of para-hydroxylation sites is 1. The maximum atomic E-state index is 16.0. The highest BCUT2D eigenvalue weighted by atomic mass is 32.2. The van der Waals surface area contributed by atoms with Gasteiger partial charge in [0.2, 0.25) is 5.91 Å². The number of anilines is 1. The lowest BCUT2D eigenvalue weighted by Crippen LogP contribution is -2.58. The summed E-state index contributed by atoms with van der Waals surface area (Å²) in [5, 5.41) is 10.6. The van der Waals surface area contributed by atoms with Gasteiger partial charge in [0.25, 0.3) is 0 Å². The van der Waals surface area contributed by atoms with Gasteiger partial charge in [0.15, 0.2) is 21.3 Å². The van der Waals surface area contributed by atoms with E-state index in [1.165, 1.54) is 24.3 Å². The van der Waals surface area contributed by atoms with Gasteiger partial charge in [-0.1, -0.05) is 38.6 Å². The minimum atomic E-state index is -3.92. The Kier molecular flexibility index (Phi) is 8.25. The molecule has 0 saturated carbocycles. The molecule has 4 aromatic rings. The molecule has 13 heteroatoms. The molecule has 0 radical (unpaired) electrons. The first kappa shape index (κ1) is 31.8. The number of hydrogen-bond donors (Lipinski definition) is 1. The van der Waals surface area contributed by atoms with Crippen molar-refractivity contribution in [3.63, 3.8) is 0 Å². The number of carbonyl (C=O) groups is 1. The average Bonchev–Trinajstić information content (AvgIpc) is 2.97. The molecular formula is C32H33F2N5O5S. The summed E-state index contributed by atoms with van der Waals surface area (Å²) in [6.45, 7) is 11.3. The molecule has 1 fully saturated rings. The van der Waals surface area contributed by atoms with Crippen molar-refractivity contribution < 1.29 is 27.1 Å². The number of pyridine rings is 1. The van der Waals surface area contributed by atoms with Crippen LogP contribution in [-0.2, 0) is 14.6 Å². The lowest BCUT2D eigenvalue weighted by atomic mass is 10.0. The molecule has 10 nitrogen and oxygen atoms in total. The maximum Gasteiger partial charge on any atom is 0.355 e. The average molecular weight is 638 g/mol. The Morgan fingerprint density at radius 1 is 1.07 bits per heavy atom. The van der Waals surface area contributed by atoms with Crippen molar-refractivity contribution in [1.82, 2.24) is 19.4 Å². The smallest absolute Gasteiger partial charge is 0.355 e. The summed E-state index contributed by atoms with van der Waals surface area (Å²) in [7, 11) is -3.92. The minimum absolute atomic E-state index is 0.00493. The number of sulfone groups is 1. The summed E-state index contributed by atoms with van der Waals surface area (Å²) in [5.74, 6) is -2.99. The number of hydrogen-bond acceptors (Lipinski definition) is 8. The third kappa shape index (κ3) is 5.56. The normalized spacial score (nSPS) is 17.2. The van der Waals surface area contributed by atoms with E-state index in [2.05, 4.69) is 16.5 Å². The summed E-state index contributed by atoms with van der Waals surface area (Å²) < 4.78 is 58.1. The van der Waals surface area contributed by atoms with Crippen LogP contribution >= 0.6 is 0 Å². The first-order valence-electron chi connectivity index (χ1n) is 14.3. The van der Waals surface area contributed by atoms with Gasteiger partial charge >= 0.3 is 5.69 Å². The zero-order valence-electron chi connectivity index (χ0n) is 25.5. The van der Waals surface area contributed by atoms with Crippen molar-refractivity contribution in [2.75, 3.05) is 24.2 Å². The number of amides is 1. The van der Waals surface area contributed by atoms with Crippen LogP contribution in [0.5, 0.6) is 5.75 Å². The quantitative estimate of drug-likeness (QED) is 0.305.